The highest BCUT2D eigenvalue weighted by atomic mass is 127. The number of nitrogens with one attached hydrogen (secondary N) is 1. The molecule has 1 aromatic rings. The van der Waals surface area contributed by atoms with Crippen molar-refractivity contribution < 1.29 is 9.53 Å². The van der Waals surface area contributed by atoms with Gasteiger partial charge in [-0.2, -0.15) is 0 Å². The van der Waals surface area contributed by atoms with Gasteiger partial charge in [-0.05, 0) is 70.3 Å². The highest BCUT2D eigenvalue weighted by molar-refractivity contribution is 14.0. The lowest BCUT2D eigenvalue weighted by atomic mass is 9.96. The number of ether oxygens (including phenoxy) is 1. The van der Waals surface area contributed by atoms with Crippen molar-refractivity contribution >= 4 is 35.8 Å². The second kappa shape index (κ2) is 15.3. The number of carbonyl (C=O) groups excluding carboxylic acids is 1. The summed E-state index contributed by atoms with van der Waals surface area (Å²) >= 11 is 0. The van der Waals surface area contributed by atoms with E-state index in [9.17, 15) is 4.79 Å². The first-order valence-corrected chi connectivity index (χ1v) is 11.6. The fourth-order valence-corrected chi connectivity index (χ4v) is 3.96. The quantitative estimate of drug-likeness (QED) is 0.271. The van der Waals surface area contributed by atoms with Crippen LogP contribution in [0.1, 0.15) is 39.2 Å². The average Bonchev–Trinajstić information content (AvgIpc) is 2.79. The van der Waals surface area contributed by atoms with E-state index in [0.717, 1.165) is 70.4 Å². The van der Waals surface area contributed by atoms with Crippen LogP contribution in [0.5, 0.6) is 5.75 Å². The molecule has 1 saturated heterocycles. The maximum Gasteiger partial charge on any atom is 0.242 e. The molecule has 182 valence electrons. The SMILES string of the molecule is CCNC(=NCC1CCN(Cc2ccc(OC)cc2)CC1)N(C)CC(=O)N(CC)CC.I. The van der Waals surface area contributed by atoms with Crippen molar-refractivity contribution in [1.29, 1.82) is 0 Å². The smallest absolute Gasteiger partial charge is 0.242 e. The fourth-order valence-electron chi connectivity index (χ4n) is 3.96. The monoisotopic (exact) mass is 559 g/mol. The summed E-state index contributed by atoms with van der Waals surface area (Å²) in [5.41, 5.74) is 1.33. The molecule has 0 bridgehead atoms. The maximum absolute atomic E-state index is 12.4. The molecule has 0 radical (unpaired) electrons. The van der Waals surface area contributed by atoms with Gasteiger partial charge in [0.05, 0.1) is 13.7 Å². The van der Waals surface area contributed by atoms with Crippen LogP contribution in [0.2, 0.25) is 0 Å². The van der Waals surface area contributed by atoms with Crippen molar-refractivity contribution in [2.75, 3.05) is 60.0 Å². The number of hydrogen-bond donors (Lipinski definition) is 1. The Bertz CT molecular complexity index is 686. The number of halogens is 1. The van der Waals surface area contributed by atoms with E-state index in [2.05, 4.69) is 29.3 Å². The minimum atomic E-state index is 0. The van der Waals surface area contributed by atoms with Gasteiger partial charge in [-0.15, -0.1) is 24.0 Å². The Labute approximate surface area is 211 Å². The van der Waals surface area contributed by atoms with Gasteiger partial charge in [0.2, 0.25) is 5.91 Å². The number of likely N-dealkylation sites (tertiary alicyclic amines) is 1. The highest BCUT2D eigenvalue weighted by Crippen LogP contribution is 2.20. The number of likely N-dealkylation sites (N-methyl/N-ethyl adjacent to an activating group) is 2. The molecule has 1 N–H and O–H groups in total. The summed E-state index contributed by atoms with van der Waals surface area (Å²) in [6.45, 7) is 12.7. The predicted octanol–water partition coefficient (Wildman–Crippen LogP) is 3.29. The van der Waals surface area contributed by atoms with E-state index in [4.69, 9.17) is 9.73 Å². The average molecular weight is 560 g/mol. The van der Waals surface area contributed by atoms with Gasteiger partial charge >= 0.3 is 0 Å². The molecule has 0 saturated carbocycles. The first kappa shape index (κ1) is 28.5. The summed E-state index contributed by atoms with van der Waals surface area (Å²) in [5.74, 6) is 2.46. The van der Waals surface area contributed by atoms with Crippen LogP contribution in [0.4, 0.5) is 0 Å². The molecule has 1 fully saturated rings. The van der Waals surface area contributed by atoms with E-state index >= 15 is 0 Å². The third-order valence-electron chi connectivity index (χ3n) is 5.96. The Morgan fingerprint density at radius 1 is 1.16 bits per heavy atom. The number of carbonyl (C=O) groups is 1. The summed E-state index contributed by atoms with van der Waals surface area (Å²) in [6.07, 6.45) is 2.31. The second-order valence-corrected chi connectivity index (χ2v) is 8.18. The number of piperidine rings is 1. The normalized spacial score (nSPS) is 15.1. The molecular weight excluding hydrogens is 517 g/mol. The number of rotatable bonds is 10. The molecule has 1 heterocycles. The predicted molar refractivity (Wildman–Crippen MR) is 143 cm³/mol. The lowest BCUT2D eigenvalue weighted by Gasteiger charge is -2.32. The maximum atomic E-state index is 12.4. The Balaban J connectivity index is 0.00000512. The standard InChI is InChI=1S/C24H41N5O2.HI/c1-6-25-24(27(4)19-23(30)29(7-2)8-3)26-17-20-13-15-28(16-14-20)18-21-9-11-22(31-5)12-10-21;/h9-12,20H,6-8,13-19H2,1-5H3,(H,25,26);1H. The molecule has 1 aliphatic rings. The van der Waals surface area contributed by atoms with Crippen LogP contribution in [0.3, 0.4) is 0 Å². The molecule has 0 atom stereocenters. The van der Waals surface area contributed by atoms with E-state index in [0.29, 0.717) is 12.5 Å². The van der Waals surface area contributed by atoms with Crippen molar-refractivity contribution in [3.8, 4) is 5.75 Å². The number of benzene rings is 1. The van der Waals surface area contributed by atoms with Gasteiger partial charge in [-0.3, -0.25) is 14.7 Å². The zero-order valence-electron chi connectivity index (χ0n) is 20.5. The number of methoxy groups -OCH3 is 1. The molecule has 1 aliphatic heterocycles. The Morgan fingerprint density at radius 2 is 1.78 bits per heavy atom. The van der Waals surface area contributed by atoms with Gasteiger partial charge in [0.1, 0.15) is 5.75 Å². The van der Waals surface area contributed by atoms with E-state index in [-0.39, 0.29) is 29.9 Å². The van der Waals surface area contributed by atoms with Crippen LogP contribution in [0.15, 0.2) is 29.3 Å². The number of aliphatic imine (C=N–C) groups is 1. The van der Waals surface area contributed by atoms with Crippen molar-refractivity contribution in [2.45, 2.75) is 40.2 Å². The van der Waals surface area contributed by atoms with Gasteiger partial charge in [-0.25, -0.2) is 0 Å². The van der Waals surface area contributed by atoms with Crippen molar-refractivity contribution in [3.63, 3.8) is 0 Å². The summed E-state index contributed by atoms with van der Waals surface area (Å²) < 4.78 is 5.24. The summed E-state index contributed by atoms with van der Waals surface area (Å²) in [7, 11) is 3.64. The van der Waals surface area contributed by atoms with E-state index in [1.54, 1.807) is 7.11 Å². The molecule has 8 heteroatoms. The molecule has 7 nitrogen and oxygen atoms in total. The molecule has 1 amide bonds. The van der Waals surface area contributed by atoms with Crippen molar-refractivity contribution in [1.82, 2.24) is 20.0 Å². The van der Waals surface area contributed by atoms with Crippen LogP contribution in [0.25, 0.3) is 0 Å². The number of amides is 1. The Morgan fingerprint density at radius 3 is 2.31 bits per heavy atom. The van der Waals surface area contributed by atoms with E-state index < -0.39 is 0 Å². The van der Waals surface area contributed by atoms with Crippen molar-refractivity contribution in [2.24, 2.45) is 10.9 Å². The minimum Gasteiger partial charge on any atom is -0.497 e. The molecular formula is C24H42IN5O2. The zero-order chi connectivity index (χ0) is 22.6. The molecule has 1 aromatic carbocycles. The van der Waals surface area contributed by atoms with E-state index in [1.807, 2.05) is 42.8 Å². The molecule has 0 unspecified atom stereocenters. The summed E-state index contributed by atoms with van der Waals surface area (Å²) in [6, 6.07) is 8.35. The van der Waals surface area contributed by atoms with Gasteiger partial charge < -0.3 is 19.9 Å². The van der Waals surface area contributed by atoms with Crippen LogP contribution in [-0.2, 0) is 11.3 Å². The first-order valence-electron chi connectivity index (χ1n) is 11.6. The van der Waals surface area contributed by atoms with Gasteiger partial charge in [0, 0.05) is 39.8 Å². The Hall–Kier alpha value is -1.55. The molecule has 0 aromatic heterocycles. The van der Waals surface area contributed by atoms with Crippen LogP contribution in [-0.4, -0.2) is 86.5 Å². The summed E-state index contributed by atoms with van der Waals surface area (Å²) in [4.78, 5) is 23.6. The Kier molecular flexibility index (Phi) is 13.6. The number of hydrogen-bond acceptors (Lipinski definition) is 4. The molecule has 32 heavy (non-hydrogen) atoms. The van der Waals surface area contributed by atoms with Gasteiger partial charge in [0.25, 0.3) is 0 Å². The molecule has 2 rings (SSSR count). The van der Waals surface area contributed by atoms with Gasteiger partial charge in [-0.1, -0.05) is 12.1 Å². The van der Waals surface area contributed by atoms with Crippen LogP contribution < -0.4 is 10.1 Å². The lowest BCUT2D eigenvalue weighted by molar-refractivity contribution is -0.131. The topological polar surface area (TPSA) is 60.4 Å². The van der Waals surface area contributed by atoms with E-state index in [1.165, 1.54) is 5.56 Å². The van der Waals surface area contributed by atoms with Crippen LogP contribution in [0, 0.1) is 5.92 Å². The first-order chi connectivity index (χ1) is 15.0. The van der Waals surface area contributed by atoms with Gasteiger partial charge in [0.15, 0.2) is 5.96 Å². The highest BCUT2D eigenvalue weighted by Gasteiger charge is 2.20. The molecule has 0 spiro atoms. The fraction of sp³-hybridized carbons (Fsp3) is 0.667. The number of guanidine groups is 1. The third kappa shape index (κ3) is 9.13. The van der Waals surface area contributed by atoms with Crippen molar-refractivity contribution in [3.05, 3.63) is 29.8 Å². The number of nitrogens with zero attached hydrogens (tertiary/aromatic N) is 4. The molecule has 0 aliphatic carbocycles. The zero-order valence-corrected chi connectivity index (χ0v) is 22.8. The lowest BCUT2D eigenvalue weighted by Crippen LogP contribution is -2.46. The minimum absolute atomic E-state index is 0. The second-order valence-electron chi connectivity index (χ2n) is 8.18. The largest absolute Gasteiger partial charge is 0.497 e. The third-order valence-corrected chi connectivity index (χ3v) is 5.96. The summed E-state index contributed by atoms with van der Waals surface area (Å²) in [5, 5.41) is 3.34. The van der Waals surface area contributed by atoms with Crippen LogP contribution >= 0.6 is 24.0 Å².